The molecule has 0 aromatic carbocycles. The van der Waals surface area contributed by atoms with Crippen molar-refractivity contribution in [3.8, 4) is 0 Å². The second-order valence-corrected chi connectivity index (χ2v) is 7.13. The molecule has 2 aliphatic carbocycles. The zero-order valence-corrected chi connectivity index (χ0v) is 13.2. The highest BCUT2D eigenvalue weighted by atomic mass is 16.5. The summed E-state index contributed by atoms with van der Waals surface area (Å²) in [5.74, 6) is 1.82. The summed E-state index contributed by atoms with van der Waals surface area (Å²) in [6.45, 7) is 8.41. The number of esters is 1. The molecule has 1 N–H and O–H groups in total. The lowest BCUT2D eigenvalue weighted by Gasteiger charge is -2.49. The standard InChI is InChI=1S/C17H28O3/c1-11(2)14-7-8-17(4,19)16-6-5-13(9-15(14)16)10-20-12(3)18/h9,11,14-16,19H,5-8,10H2,1-4H3. The molecule has 0 saturated heterocycles. The van der Waals surface area contributed by atoms with Gasteiger partial charge in [-0.05, 0) is 61.9 Å². The second kappa shape index (κ2) is 5.88. The normalized spacial score (nSPS) is 37.3. The van der Waals surface area contributed by atoms with E-state index in [-0.39, 0.29) is 5.97 Å². The molecule has 2 rings (SSSR count). The van der Waals surface area contributed by atoms with E-state index in [9.17, 15) is 9.90 Å². The van der Waals surface area contributed by atoms with E-state index in [0.29, 0.717) is 30.3 Å². The Hall–Kier alpha value is -0.830. The summed E-state index contributed by atoms with van der Waals surface area (Å²) in [7, 11) is 0. The Labute approximate surface area is 122 Å². The van der Waals surface area contributed by atoms with Gasteiger partial charge in [-0.3, -0.25) is 4.79 Å². The van der Waals surface area contributed by atoms with E-state index in [1.165, 1.54) is 12.5 Å². The molecule has 0 spiro atoms. The Kier molecular flexibility index (Phi) is 4.58. The molecule has 3 nitrogen and oxygen atoms in total. The molecule has 0 amide bonds. The first-order valence-electron chi connectivity index (χ1n) is 7.86. The summed E-state index contributed by atoms with van der Waals surface area (Å²) < 4.78 is 5.14. The van der Waals surface area contributed by atoms with Crippen molar-refractivity contribution >= 4 is 5.97 Å². The number of ether oxygens (including phenoxy) is 1. The smallest absolute Gasteiger partial charge is 0.302 e. The van der Waals surface area contributed by atoms with Crippen LogP contribution in [0.1, 0.15) is 53.4 Å². The predicted octanol–water partition coefficient (Wildman–Crippen LogP) is 3.32. The second-order valence-electron chi connectivity index (χ2n) is 7.13. The summed E-state index contributed by atoms with van der Waals surface area (Å²) in [4.78, 5) is 11.0. The third kappa shape index (κ3) is 3.25. The van der Waals surface area contributed by atoms with Gasteiger partial charge in [0.2, 0.25) is 0 Å². The van der Waals surface area contributed by atoms with Gasteiger partial charge < -0.3 is 9.84 Å². The van der Waals surface area contributed by atoms with E-state index in [4.69, 9.17) is 4.74 Å². The molecule has 3 heteroatoms. The van der Waals surface area contributed by atoms with E-state index in [1.54, 1.807) is 0 Å². The van der Waals surface area contributed by atoms with Crippen LogP contribution >= 0.6 is 0 Å². The van der Waals surface area contributed by atoms with E-state index >= 15 is 0 Å². The Morgan fingerprint density at radius 2 is 2.20 bits per heavy atom. The van der Waals surface area contributed by atoms with Gasteiger partial charge in [0.25, 0.3) is 0 Å². The van der Waals surface area contributed by atoms with Crippen molar-refractivity contribution in [2.24, 2.45) is 23.7 Å². The van der Waals surface area contributed by atoms with Crippen LogP contribution < -0.4 is 0 Å². The summed E-state index contributed by atoms with van der Waals surface area (Å²) >= 11 is 0. The lowest BCUT2D eigenvalue weighted by molar-refractivity contribution is -0.140. The fourth-order valence-corrected chi connectivity index (χ4v) is 4.08. The van der Waals surface area contributed by atoms with Crippen LogP contribution in [0.4, 0.5) is 0 Å². The average Bonchev–Trinajstić information content (AvgIpc) is 2.35. The zero-order chi connectivity index (χ0) is 14.9. The lowest BCUT2D eigenvalue weighted by Crippen LogP contribution is -2.48. The molecule has 114 valence electrons. The maximum atomic E-state index is 11.0. The van der Waals surface area contributed by atoms with Crippen molar-refractivity contribution in [2.75, 3.05) is 6.61 Å². The molecule has 1 saturated carbocycles. The number of rotatable bonds is 3. The van der Waals surface area contributed by atoms with Crippen molar-refractivity contribution in [3.05, 3.63) is 11.6 Å². The van der Waals surface area contributed by atoms with Crippen LogP contribution in [0.5, 0.6) is 0 Å². The van der Waals surface area contributed by atoms with E-state index in [0.717, 1.165) is 25.7 Å². The average molecular weight is 280 g/mol. The highest BCUT2D eigenvalue weighted by Gasteiger charge is 2.46. The molecule has 0 heterocycles. The third-order valence-electron chi connectivity index (χ3n) is 5.26. The van der Waals surface area contributed by atoms with Crippen LogP contribution in [0.25, 0.3) is 0 Å². The van der Waals surface area contributed by atoms with Gasteiger partial charge in [-0.25, -0.2) is 0 Å². The Morgan fingerprint density at radius 3 is 2.80 bits per heavy atom. The van der Waals surface area contributed by atoms with E-state index in [2.05, 4.69) is 19.9 Å². The van der Waals surface area contributed by atoms with E-state index < -0.39 is 5.60 Å². The minimum absolute atomic E-state index is 0.218. The minimum atomic E-state index is -0.542. The SMILES string of the molecule is CC(=O)OCC1=CC2C(C(C)C)CCC(C)(O)C2CC1. The minimum Gasteiger partial charge on any atom is -0.461 e. The molecule has 4 unspecified atom stereocenters. The highest BCUT2D eigenvalue weighted by molar-refractivity contribution is 5.66. The van der Waals surface area contributed by atoms with Crippen LogP contribution in [0.15, 0.2) is 11.6 Å². The molecule has 4 atom stereocenters. The first kappa shape index (κ1) is 15.6. The molecule has 0 aromatic heterocycles. The molecule has 20 heavy (non-hydrogen) atoms. The van der Waals surface area contributed by atoms with Crippen molar-refractivity contribution in [1.29, 1.82) is 0 Å². The van der Waals surface area contributed by atoms with Gasteiger partial charge in [0, 0.05) is 6.92 Å². The maximum absolute atomic E-state index is 11.0. The summed E-state index contributed by atoms with van der Waals surface area (Å²) in [6.07, 6.45) is 6.24. The summed E-state index contributed by atoms with van der Waals surface area (Å²) in [5, 5.41) is 10.7. The van der Waals surface area contributed by atoms with Crippen molar-refractivity contribution in [2.45, 2.75) is 59.0 Å². The van der Waals surface area contributed by atoms with Crippen LogP contribution in [-0.4, -0.2) is 23.3 Å². The van der Waals surface area contributed by atoms with E-state index in [1.807, 2.05) is 6.92 Å². The molecular weight excluding hydrogens is 252 g/mol. The topological polar surface area (TPSA) is 46.5 Å². The Bertz CT molecular complexity index is 395. The molecule has 1 fully saturated rings. The number of hydrogen-bond acceptors (Lipinski definition) is 3. The molecule has 0 bridgehead atoms. The van der Waals surface area contributed by atoms with Gasteiger partial charge >= 0.3 is 5.97 Å². The van der Waals surface area contributed by atoms with Crippen molar-refractivity contribution < 1.29 is 14.6 Å². The maximum Gasteiger partial charge on any atom is 0.302 e. The summed E-state index contributed by atoms with van der Waals surface area (Å²) in [6, 6.07) is 0. The van der Waals surface area contributed by atoms with Crippen molar-refractivity contribution in [3.63, 3.8) is 0 Å². The van der Waals surface area contributed by atoms with Crippen LogP contribution in [0.3, 0.4) is 0 Å². The van der Waals surface area contributed by atoms with Crippen LogP contribution in [0, 0.1) is 23.7 Å². The monoisotopic (exact) mass is 280 g/mol. The largest absolute Gasteiger partial charge is 0.461 e. The van der Waals surface area contributed by atoms with Gasteiger partial charge in [0.1, 0.15) is 6.61 Å². The fourth-order valence-electron chi connectivity index (χ4n) is 4.08. The first-order valence-corrected chi connectivity index (χ1v) is 7.86. The fraction of sp³-hybridized carbons (Fsp3) is 0.824. The number of carbonyl (C=O) groups is 1. The summed E-state index contributed by atoms with van der Waals surface area (Å²) in [5.41, 5.74) is 0.685. The molecule has 0 aromatic rings. The van der Waals surface area contributed by atoms with Crippen molar-refractivity contribution in [1.82, 2.24) is 0 Å². The number of aliphatic hydroxyl groups is 1. The number of fused-ring (bicyclic) bond motifs is 1. The molecule has 2 aliphatic rings. The molecular formula is C17H28O3. The van der Waals surface area contributed by atoms with Gasteiger partial charge in [-0.15, -0.1) is 0 Å². The van der Waals surface area contributed by atoms with Gasteiger partial charge in [0.05, 0.1) is 5.60 Å². The van der Waals surface area contributed by atoms with Crippen LogP contribution in [-0.2, 0) is 9.53 Å². The molecule has 0 radical (unpaired) electrons. The highest BCUT2D eigenvalue weighted by Crippen LogP contribution is 2.49. The number of hydrogen-bond donors (Lipinski definition) is 1. The van der Waals surface area contributed by atoms with Gasteiger partial charge in [-0.1, -0.05) is 19.9 Å². The number of allylic oxidation sites excluding steroid dienone is 1. The Balaban J connectivity index is 2.17. The first-order chi connectivity index (χ1) is 9.31. The predicted molar refractivity (Wildman–Crippen MR) is 79.1 cm³/mol. The third-order valence-corrected chi connectivity index (χ3v) is 5.26. The van der Waals surface area contributed by atoms with Crippen LogP contribution in [0.2, 0.25) is 0 Å². The number of carbonyl (C=O) groups excluding carboxylic acids is 1. The zero-order valence-electron chi connectivity index (χ0n) is 13.2. The Morgan fingerprint density at radius 1 is 1.50 bits per heavy atom. The molecule has 0 aliphatic heterocycles. The quantitative estimate of drug-likeness (QED) is 0.637. The lowest BCUT2D eigenvalue weighted by atomic mass is 9.58. The van der Waals surface area contributed by atoms with Gasteiger partial charge in [-0.2, -0.15) is 0 Å². The van der Waals surface area contributed by atoms with Gasteiger partial charge in [0.15, 0.2) is 0 Å².